The SMILES string of the molecule is Cl.OC=CCc1cccnc1. The lowest BCUT2D eigenvalue weighted by Gasteiger charge is -1.90. The molecule has 0 fully saturated rings. The molecule has 0 aliphatic rings. The summed E-state index contributed by atoms with van der Waals surface area (Å²) in [5.41, 5.74) is 1.10. The molecule has 0 saturated heterocycles. The van der Waals surface area contributed by atoms with Gasteiger partial charge in [0.2, 0.25) is 0 Å². The van der Waals surface area contributed by atoms with Crippen LogP contribution in [0.3, 0.4) is 0 Å². The smallest absolute Gasteiger partial charge is 0.0755 e. The summed E-state index contributed by atoms with van der Waals surface area (Å²) < 4.78 is 0. The number of pyridine rings is 1. The number of aliphatic hydroxyl groups is 1. The maximum atomic E-state index is 8.33. The maximum Gasteiger partial charge on any atom is 0.0755 e. The predicted molar refractivity (Wildman–Crippen MR) is 47.0 cm³/mol. The Labute approximate surface area is 72.0 Å². The van der Waals surface area contributed by atoms with Crippen LogP contribution in [0.25, 0.3) is 0 Å². The Morgan fingerprint density at radius 2 is 2.36 bits per heavy atom. The van der Waals surface area contributed by atoms with E-state index >= 15 is 0 Å². The molecular formula is C8H10ClNO. The van der Waals surface area contributed by atoms with Crippen molar-refractivity contribution in [3.63, 3.8) is 0 Å². The van der Waals surface area contributed by atoms with Gasteiger partial charge in [-0.15, -0.1) is 12.4 Å². The Balaban J connectivity index is 0.000001000. The maximum absolute atomic E-state index is 8.33. The molecule has 0 saturated carbocycles. The molecule has 1 heterocycles. The molecule has 1 N–H and O–H groups in total. The van der Waals surface area contributed by atoms with Crippen LogP contribution in [-0.2, 0) is 6.42 Å². The van der Waals surface area contributed by atoms with Crippen molar-refractivity contribution in [2.24, 2.45) is 0 Å². The summed E-state index contributed by atoms with van der Waals surface area (Å²) in [5, 5.41) is 8.33. The number of aliphatic hydroxyl groups excluding tert-OH is 1. The summed E-state index contributed by atoms with van der Waals surface area (Å²) in [7, 11) is 0. The number of halogens is 1. The Bertz CT molecular complexity index is 211. The average Bonchev–Trinajstić information content (AvgIpc) is 2.03. The van der Waals surface area contributed by atoms with Crippen molar-refractivity contribution in [2.75, 3.05) is 0 Å². The van der Waals surface area contributed by atoms with Gasteiger partial charge in [0, 0.05) is 12.4 Å². The van der Waals surface area contributed by atoms with Gasteiger partial charge < -0.3 is 5.11 Å². The molecule has 1 aromatic rings. The summed E-state index contributed by atoms with van der Waals surface area (Å²) in [4.78, 5) is 3.92. The van der Waals surface area contributed by atoms with Gasteiger partial charge in [0.05, 0.1) is 6.26 Å². The lowest BCUT2D eigenvalue weighted by Crippen LogP contribution is -1.80. The van der Waals surface area contributed by atoms with Gasteiger partial charge >= 0.3 is 0 Å². The van der Waals surface area contributed by atoms with Crippen LogP contribution in [0.4, 0.5) is 0 Å². The van der Waals surface area contributed by atoms with Gasteiger partial charge in [-0.2, -0.15) is 0 Å². The standard InChI is InChI=1S/C8H9NO.ClH/c10-6-2-4-8-3-1-5-9-7-8;/h1-3,5-7,10H,4H2;1H. The highest BCUT2D eigenvalue weighted by molar-refractivity contribution is 5.85. The van der Waals surface area contributed by atoms with E-state index in [1.807, 2.05) is 12.1 Å². The van der Waals surface area contributed by atoms with Crippen LogP contribution in [0.15, 0.2) is 36.9 Å². The summed E-state index contributed by atoms with van der Waals surface area (Å²) >= 11 is 0. The molecule has 1 aromatic heterocycles. The molecule has 0 unspecified atom stereocenters. The number of allylic oxidation sites excluding steroid dienone is 1. The number of nitrogens with zero attached hydrogens (tertiary/aromatic N) is 1. The summed E-state index contributed by atoms with van der Waals surface area (Å²) in [5.74, 6) is 0. The van der Waals surface area contributed by atoms with Gasteiger partial charge in [-0.25, -0.2) is 0 Å². The largest absolute Gasteiger partial charge is 0.516 e. The van der Waals surface area contributed by atoms with Crippen LogP contribution in [-0.4, -0.2) is 10.1 Å². The Kier molecular flexibility index (Phi) is 5.21. The minimum Gasteiger partial charge on any atom is -0.516 e. The van der Waals surface area contributed by atoms with Gasteiger partial charge in [0.1, 0.15) is 0 Å². The van der Waals surface area contributed by atoms with Crippen molar-refractivity contribution in [3.8, 4) is 0 Å². The molecule has 0 spiro atoms. The fraction of sp³-hybridized carbons (Fsp3) is 0.125. The van der Waals surface area contributed by atoms with E-state index in [2.05, 4.69) is 4.98 Å². The first kappa shape index (κ1) is 9.98. The summed E-state index contributed by atoms with van der Waals surface area (Å²) in [6.45, 7) is 0. The highest BCUT2D eigenvalue weighted by atomic mass is 35.5. The van der Waals surface area contributed by atoms with E-state index in [0.29, 0.717) is 0 Å². The third-order valence-corrected chi connectivity index (χ3v) is 1.18. The van der Waals surface area contributed by atoms with E-state index in [0.717, 1.165) is 18.2 Å². The van der Waals surface area contributed by atoms with Crippen molar-refractivity contribution in [3.05, 3.63) is 42.4 Å². The highest BCUT2D eigenvalue weighted by Gasteiger charge is 1.84. The van der Waals surface area contributed by atoms with Crippen molar-refractivity contribution in [2.45, 2.75) is 6.42 Å². The average molecular weight is 172 g/mol. The monoisotopic (exact) mass is 171 g/mol. The summed E-state index contributed by atoms with van der Waals surface area (Å²) in [6.07, 6.45) is 6.97. The van der Waals surface area contributed by atoms with Crippen molar-refractivity contribution < 1.29 is 5.11 Å². The lowest BCUT2D eigenvalue weighted by atomic mass is 10.2. The Morgan fingerprint density at radius 1 is 1.55 bits per heavy atom. The second-order valence-electron chi connectivity index (χ2n) is 1.95. The molecule has 11 heavy (non-hydrogen) atoms. The molecule has 0 atom stereocenters. The first-order chi connectivity index (χ1) is 4.93. The van der Waals surface area contributed by atoms with Crippen LogP contribution in [0.2, 0.25) is 0 Å². The molecule has 60 valence electrons. The molecule has 1 rings (SSSR count). The van der Waals surface area contributed by atoms with Crippen LogP contribution in [0.5, 0.6) is 0 Å². The van der Waals surface area contributed by atoms with Crippen molar-refractivity contribution >= 4 is 12.4 Å². The van der Waals surface area contributed by atoms with E-state index in [1.54, 1.807) is 18.5 Å². The predicted octanol–water partition coefficient (Wildman–Crippen LogP) is 2.12. The van der Waals surface area contributed by atoms with Crippen LogP contribution < -0.4 is 0 Å². The Hall–Kier alpha value is -1.02. The molecule has 0 amide bonds. The molecule has 0 aliphatic heterocycles. The second-order valence-corrected chi connectivity index (χ2v) is 1.95. The molecule has 0 aliphatic carbocycles. The van der Waals surface area contributed by atoms with E-state index in [4.69, 9.17) is 5.11 Å². The van der Waals surface area contributed by atoms with Gasteiger partial charge in [-0.1, -0.05) is 6.07 Å². The molecule has 3 heteroatoms. The van der Waals surface area contributed by atoms with Gasteiger partial charge in [0.25, 0.3) is 0 Å². The minimum absolute atomic E-state index is 0. The summed E-state index contributed by atoms with van der Waals surface area (Å²) in [6, 6.07) is 3.84. The first-order valence-electron chi connectivity index (χ1n) is 3.11. The molecule has 2 nitrogen and oxygen atoms in total. The van der Waals surface area contributed by atoms with Crippen LogP contribution >= 0.6 is 12.4 Å². The number of rotatable bonds is 2. The van der Waals surface area contributed by atoms with Gasteiger partial charge in [0.15, 0.2) is 0 Å². The fourth-order valence-corrected chi connectivity index (χ4v) is 0.708. The van der Waals surface area contributed by atoms with Crippen LogP contribution in [0.1, 0.15) is 5.56 Å². The Morgan fingerprint density at radius 3 is 2.91 bits per heavy atom. The second kappa shape index (κ2) is 5.74. The zero-order valence-corrected chi connectivity index (χ0v) is 6.79. The van der Waals surface area contributed by atoms with E-state index in [-0.39, 0.29) is 12.4 Å². The molecule has 0 bridgehead atoms. The van der Waals surface area contributed by atoms with Gasteiger partial charge in [-0.05, 0) is 24.1 Å². The van der Waals surface area contributed by atoms with Crippen molar-refractivity contribution in [1.29, 1.82) is 0 Å². The van der Waals surface area contributed by atoms with E-state index in [9.17, 15) is 0 Å². The van der Waals surface area contributed by atoms with E-state index in [1.165, 1.54) is 0 Å². The number of hydrogen-bond acceptors (Lipinski definition) is 2. The third kappa shape index (κ3) is 3.63. The quantitative estimate of drug-likeness (QED) is 0.692. The topological polar surface area (TPSA) is 33.1 Å². The first-order valence-corrected chi connectivity index (χ1v) is 3.11. The lowest BCUT2D eigenvalue weighted by molar-refractivity contribution is 0.471. The number of hydrogen-bond donors (Lipinski definition) is 1. The molecule has 0 aromatic carbocycles. The van der Waals surface area contributed by atoms with Crippen molar-refractivity contribution in [1.82, 2.24) is 4.98 Å². The minimum atomic E-state index is 0. The zero-order chi connectivity index (χ0) is 7.23. The van der Waals surface area contributed by atoms with E-state index < -0.39 is 0 Å². The third-order valence-electron chi connectivity index (χ3n) is 1.18. The fourth-order valence-electron chi connectivity index (χ4n) is 0.708. The molecular weight excluding hydrogens is 162 g/mol. The normalized spacial score (nSPS) is 9.45. The molecule has 0 radical (unpaired) electrons. The number of aromatic nitrogens is 1. The van der Waals surface area contributed by atoms with Crippen LogP contribution in [0, 0.1) is 0 Å². The van der Waals surface area contributed by atoms with Gasteiger partial charge in [-0.3, -0.25) is 4.98 Å². The highest BCUT2D eigenvalue weighted by Crippen LogP contribution is 1.96. The zero-order valence-electron chi connectivity index (χ0n) is 5.97.